The number of hydrazine groups is 1. The van der Waals surface area contributed by atoms with Gasteiger partial charge >= 0.3 is 0 Å². The molecule has 0 aliphatic rings. The van der Waals surface area contributed by atoms with Gasteiger partial charge in [0.05, 0.1) is 0 Å². The fraction of sp³-hybridized carbons (Fsp3) is 0.714. The topological polar surface area (TPSA) is 75.9 Å². The number of anilines is 2. The van der Waals surface area contributed by atoms with E-state index >= 15 is 0 Å². The highest BCUT2D eigenvalue weighted by Gasteiger charge is 2.13. The van der Waals surface area contributed by atoms with Gasteiger partial charge in [0.1, 0.15) is 17.5 Å². The molecule has 0 saturated heterocycles. The van der Waals surface area contributed by atoms with Crippen molar-refractivity contribution in [3.63, 3.8) is 0 Å². The Labute approximate surface area is 116 Å². The van der Waals surface area contributed by atoms with Gasteiger partial charge in [-0.3, -0.25) is 0 Å². The van der Waals surface area contributed by atoms with Gasteiger partial charge in [-0.2, -0.15) is 0 Å². The Hall–Kier alpha value is -1.36. The number of unbranched alkanes of at least 4 members (excludes halogenated alkanes) is 1. The van der Waals surface area contributed by atoms with Gasteiger partial charge in [-0.15, -0.1) is 0 Å². The minimum Gasteiger partial charge on any atom is -0.367 e. The highest BCUT2D eigenvalue weighted by atomic mass is 15.3. The van der Waals surface area contributed by atoms with Crippen molar-refractivity contribution in [3.05, 3.63) is 11.4 Å². The van der Waals surface area contributed by atoms with Crippen molar-refractivity contribution in [2.24, 2.45) is 5.84 Å². The molecule has 0 amide bonds. The largest absolute Gasteiger partial charge is 0.367 e. The van der Waals surface area contributed by atoms with E-state index in [1.807, 2.05) is 13.8 Å². The van der Waals surface area contributed by atoms with Crippen LogP contribution in [0.5, 0.6) is 0 Å². The number of nitrogens with zero attached hydrogens (tertiary/aromatic N) is 2. The van der Waals surface area contributed by atoms with Gasteiger partial charge in [-0.25, -0.2) is 15.8 Å². The summed E-state index contributed by atoms with van der Waals surface area (Å²) < 4.78 is 0. The fourth-order valence-electron chi connectivity index (χ4n) is 2.19. The Balaban J connectivity index is 2.85. The van der Waals surface area contributed by atoms with Gasteiger partial charge < -0.3 is 10.7 Å². The molecule has 1 rings (SSSR count). The normalized spacial score (nSPS) is 12.3. The van der Waals surface area contributed by atoms with Crippen LogP contribution in [0.4, 0.5) is 11.6 Å². The van der Waals surface area contributed by atoms with Crippen LogP contribution in [0.3, 0.4) is 0 Å². The maximum Gasteiger partial charge on any atom is 0.148 e. The molecule has 4 N–H and O–H groups in total. The first-order chi connectivity index (χ1) is 9.12. The third kappa shape index (κ3) is 4.67. The van der Waals surface area contributed by atoms with Crippen LogP contribution >= 0.6 is 0 Å². The number of hydrogen-bond donors (Lipinski definition) is 3. The third-order valence-corrected chi connectivity index (χ3v) is 3.28. The molecule has 0 bridgehead atoms. The van der Waals surface area contributed by atoms with Crippen LogP contribution < -0.4 is 16.6 Å². The average molecular weight is 265 g/mol. The molecule has 108 valence electrons. The van der Waals surface area contributed by atoms with E-state index in [-0.39, 0.29) is 0 Å². The summed E-state index contributed by atoms with van der Waals surface area (Å²) >= 11 is 0. The Bertz CT molecular complexity index is 392. The lowest BCUT2D eigenvalue weighted by molar-refractivity contribution is 0.562. The summed E-state index contributed by atoms with van der Waals surface area (Å²) in [5.41, 5.74) is 3.61. The van der Waals surface area contributed by atoms with E-state index in [1.165, 1.54) is 25.7 Å². The van der Waals surface area contributed by atoms with E-state index < -0.39 is 0 Å². The SMILES string of the molecule is CCCCC(CCC)Nc1nc(C)nc(NN)c1C. The average Bonchev–Trinajstić information content (AvgIpc) is 2.39. The number of nitrogens with one attached hydrogen (secondary N) is 2. The van der Waals surface area contributed by atoms with Crippen molar-refractivity contribution in [3.8, 4) is 0 Å². The quantitative estimate of drug-likeness (QED) is 0.497. The van der Waals surface area contributed by atoms with Crippen LogP contribution in [0.25, 0.3) is 0 Å². The Morgan fingerprint density at radius 1 is 1.05 bits per heavy atom. The minimum atomic E-state index is 0.476. The highest BCUT2D eigenvalue weighted by Crippen LogP contribution is 2.21. The Morgan fingerprint density at radius 2 is 1.74 bits per heavy atom. The van der Waals surface area contributed by atoms with Crippen LogP contribution in [-0.2, 0) is 0 Å². The van der Waals surface area contributed by atoms with Gasteiger partial charge in [0.25, 0.3) is 0 Å². The molecule has 1 unspecified atom stereocenters. The highest BCUT2D eigenvalue weighted by molar-refractivity contribution is 5.57. The van der Waals surface area contributed by atoms with Crippen LogP contribution in [0.1, 0.15) is 57.3 Å². The summed E-state index contributed by atoms with van der Waals surface area (Å²) in [6.45, 7) is 8.30. The predicted octanol–water partition coefficient (Wildman–Crippen LogP) is 3.15. The number of hydrogen-bond acceptors (Lipinski definition) is 5. The monoisotopic (exact) mass is 265 g/mol. The van der Waals surface area contributed by atoms with Gasteiger partial charge in [-0.1, -0.05) is 33.1 Å². The number of aromatic nitrogens is 2. The molecule has 1 heterocycles. The van der Waals surface area contributed by atoms with Crippen molar-refractivity contribution in [2.45, 2.75) is 65.8 Å². The molecule has 5 nitrogen and oxygen atoms in total. The van der Waals surface area contributed by atoms with Gasteiger partial charge in [0.2, 0.25) is 0 Å². The molecule has 0 radical (unpaired) electrons. The number of nitrogens with two attached hydrogens (primary N) is 1. The summed E-state index contributed by atoms with van der Waals surface area (Å²) in [4.78, 5) is 8.77. The van der Waals surface area contributed by atoms with E-state index in [9.17, 15) is 0 Å². The number of aryl methyl sites for hydroxylation is 1. The predicted molar refractivity (Wildman–Crippen MR) is 81.2 cm³/mol. The summed E-state index contributed by atoms with van der Waals surface area (Å²) in [5, 5.41) is 3.55. The lowest BCUT2D eigenvalue weighted by Gasteiger charge is -2.20. The fourth-order valence-corrected chi connectivity index (χ4v) is 2.19. The minimum absolute atomic E-state index is 0.476. The zero-order chi connectivity index (χ0) is 14.3. The molecular formula is C14H27N5. The van der Waals surface area contributed by atoms with Crippen molar-refractivity contribution < 1.29 is 0 Å². The smallest absolute Gasteiger partial charge is 0.148 e. The Kier molecular flexibility index (Phi) is 6.56. The standard InChI is InChI=1S/C14H27N5/c1-5-7-9-12(8-6-2)18-13-10(3)14(19-15)17-11(4)16-13/h12H,5-9,15H2,1-4H3,(H2,16,17,18,19). The van der Waals surface area contributed by atoms with Gasteiger partial charge in [0, 0.05) is 11.6 Å². The second-order valence-electron chi connectivity index (χ2n) is 5.01. The molecule has 0 spiro atoms. The zero-order valence-corrected chi connectivity index (χ0v) is 12.6. The van der Waals surface area contributed by atoms with E-state index in [0.29, 0.717) is 11.9 Å². The lowest BCUT2D eigenvalue weighted by atomic mass is 10.0. The summed E-state index contributed by atoms with van der Waals surface area (Å²) in [5.74, 6) is 7.81. The zero-order valence-electron chi connectivity index (χ0n) is 12.6. The second-order valence-corrected chi connectivity index (χ2v) is 5.01. The first-order valence-electron chi connectivity index (χ1n) is 7.20. The molecular weight excluding hydrogens is 238 g/mol. The molecule has 0 saturated carbocycles. The third-order valence-electron chi connectivity index (χ3n) is 3.28. The van der Waals surface area contributed by atoms with Crippen molar-refractivity contribution in [1.82, 2.24) is 9.97 Å². The van der Waals surface area contributed by atoms with E-state index in [2.05, 4.69) is 34.6 Å². The van der Waals surface area contributed by atoms with Crippen LogP contribution in [-0.4, -0.2) is 16.0 Å². The second kappa shape index (κ2) is 7.94. The van der Waals surface area contributed by atoms with Crippen molar-refractivity contribution >= 4 is 11.6 Å². The molecule has 0 fully saturated rings. The number of rotatable bonds is 8. The molecule has 1 aromatic heterocycles. The number of nitrogen functional groups attached to an aromatic ring is 1. The van der Waals surface area contributed by atoms with E-state index in [1.54, 1.807) is 0 Å². The summed E-state index contributed by atoms with van der Waals surface area (Å²) in [6.07, 6.45) is 5.97. The maximum absolute atomic E-state index is 5.49. The molecule has 0 aliphatic heterocycles. The molecule has 0 aromatic carbocycles. The first-order valence-corrected chi connectivity index (χ1v) is 7.20. The van der Waals surface area contributed by atoms with E-state index in [0.717, 1.165) is 23.6 Å². The summed E-state index contributed by atoms with van der Waals surface area (Å²) in [6, 6.07) is 0.476. The van der Waals surface area contributed by atoms with Crippen molar-refractivity contribution in [1.29, 1.82) is 0 Å². The molecule has 1 atom stereocenters. The van der Waals surface area contributed by atoms with Gasteiger partial charge in [-0.05, 0) is 26.7 Å². The first kappa shape index (κ1) is 15.7. The molecule has 0 aliphatic carbocycles. The van der Waals surface area contributed by atoms with Crippen LogP contribution in [0.15, 0.2) is 0 Å². The lowest BCUT2D eigenvalue weighted by Crippen LogP contribution is -2.22. The van der Waals surface area contributed by atoms with Gasteiger partial charge in [0.15, 0.2) is 0 Å². The van der Waals surface area contributed by atoms with E-state index in [4.69, 9.17) is 5.84 Å². The maximum atomic E-state index is 5.49. The molecule has 1 aromatic rings. The Morgan fingerprint density at radius 3 is 2.32 bits per heavy atom. The summed E-state index contributed by atoms with van der Waals surface area (Å²) in [7, 11) is 0. The molecule has 19 heavy (non-hydrogen) atoms. The van der Waals surface area contributed by atoms with Crippen molar-refractivity contribution in [2.75, 3.05) is 10.7 Å². The molecule has 5 heteroatoms. The van der Waals surface area contributed by atoms with Crippen LogP contribution in [0, 0.1) is 13.8 Å². The van der Waals surface area contributed by atoms with Crippen LogP contribution in [0.2, 0.25) is 0 Å².